The number of aryl methyl sites for hydroxylation is 1. The molecule has 1 amide bonds. The van der Waals surface area contributed by atoms with Crippen LogP contribution in [-0.2, 0) is 54.1 Å². The van der Waals surface area contributed by atoms with Gasteiger partial charge in [-0.05, 0) is 55.3 Å². The summed E-state index contributed by atoms with van der Waals surface area (Å²) in [4.78, 5) is 59.7. The summed E-state index contributed by atoms with van der Waals surface area (Å²) in [6, 6.07) is 17.4. The topological polar surface area (TPSA) is 217 Å². The summed E-state index contributed by atoms with van der Waals surface area (Å²) < 4.78 is 46.7. The molecule has 16 nitrogen and oxygen atoms in total. The number of rotatable bonds is 19. The van der Waals surface area contributed by atoms with Crippen LogP contribution in [0, 0.1) is 6.92 Å². The fraction of sp³-hybridized carbons (Fsp3) is 0.425. The number of para-hydroxylation sites is 1. The number of phenolic OH excluding ortho intramolecular Hbond substituents is 1. The summed E-state index contributed by atoms with van der Waals surface area (Å²) in [7, 11) is 0. The maximum absolute atomic E-state index is 12.4. The minimum absolute atomic E-state index is 0.109. The number of nitrogens with one attached hydrogen (secondary N) is 1. The third-order valence-corrected chi connectivity index (χ3v) is 8.30. The van der Waals surface area contributed by atoms with Gasteiger partial charge < -0.3 is 54.1 Å². The molecule has 0 aliphatic carbocycles. The van der Waals surface area contributed by atoms with E-state index in [0.717, 1.165) is 20.8 Å². The first-order valence-electron chi connectivity index (χ1n) is 18.0. The van der Waals surface area contributed by atoms with Crippen molar-refractivity contribution in [1.82, 2.24) is 5.32 Å². The van der Waals surface area contributed by atoms with Gasteiger partial charge in [-0.3, -0.25) is 24.0 Å². The van der Waals surface area contributed by atoms with Gasteiger partial charge in [0.2, 0.25) is 18.3 Å². The second-order valence-corrected chi connectivity index (χ2v) is 13.0. The molecule has 4 N–H and O–H groups in total. The molecule has 1 heterocycles. The van der Waals surface area contributed by atoms with E-state index in [0.29, 0.717) is 60.1 Å². The van der Waals surface area contributed by atoms with Crippen LogP contribution in [0.3, 0.4) is 0 Å². The second-order valence-electron chi connectivity index (χ2n) is 13.0. The van der Waals surface area contributed by atoms with E-state index >= 15 is 0 Å². The van der Waals surface area contributed by atoms with Crippen molar-refractivity contribution in [3.63, 3.8) is 0 Å². The van der Waals surface area contributed by atoms with Crippen LogP contribution >= 0.6 is 0 Å². The SMILES string of the molecule is CC(=O)OC[C@H]1O[C@@H](Oc2cc(O)cc(C)c2Cc2ccc(OCCCNCCC(N)=O)cc2Oc2ccccc2)[C@H](OC(C)=O)[C@@H](OC(C)=O)[C@@H]1OC(C)=O. The molecule has 0 spiro atoms. The average molecular weight is 781 g/mol. The number of aromatic hydroxyl groups is 1. The number of amides is 1. The van der Waals surface area contributed by atoms with Crippen molar-refractivity contribution in [2.45, 2.75) is 84.6 Å². The van der Waals surface area contributed by atoms with Gasteiger partial charge in [0.1, 0.15) is 41.5 Å². The van der Waals surface area contributed by atoms with Crippen molar-refractivity contribution in [3.8, 4) is 28.7 Å². The molecule has 3 aromatic carbocycles. The first-order valence-corrected chi connectivity index (χ1v) is 18.0. The highest BCUT2D eigenvalue weighted by molar-refractivity contribution is 5.73. The fourth-order valence-electron chi connectivity index (χ4n) is 5.90. The Morgan fingerprint density at radius 1 is 0.786 bits per heavy atom. The fourth-order valence-corrected chi connectivity index (χ4v) is 5.90. The molecule has 0 radical (unpaired) electrons. The van der Waals surface area contributed by atoms with Crippen LogP contribution < -0.4 is 25.3 Å². The van der Waals surface area contributed by atoms with Crippen LogP contribution in [0.15, 0.2) is 60.7 Å². The smallest absolute Gasteiger partial charge is 0.303 e. The van der Waals surface area contributed by atoms with E-state index < -0.39 is 61.2 Å². The Hall–Kier alpha value is -5.87. The zero-order chi connectivity index (χ0) is 40.8. The zero-order valence-corrected chi connectivity index (χ0v) is 31.9. The molecule has 0 aromatic heterocycles. The van der Waals surface area contributed by atoms with Crippen molar-refractivity contribution >= 4 is 29.8 Å². The maximum atomic E-state index is 12.4. The molecule has 1 aliphatic rings. The first kappa shape index (κ1) is 42.9. The van der Waals surface area contributed by atoms with Crippen LogP contribution in [0.2, 0.25) is 0 Å². The number of carbonyl (C=O) groups excluding carboxylic acids is 5. The van der Waals surface area contributed by atoms with Gasteiger partial charge in [0.15, 0.2) is 12.2 Å². The highest BCUT2D eigenvalue weighted by Crippen LogP contribution is 2.38. The Bertz CT molecular complexity index is 1830. The Balaban J connectivity index is 1.68. The minimum Gasteiger partial charge on any atom is -0.508 e. The number of nitrogens with two attached hydrogens (primary N) is 1. The van der Waals surface area contributed by atoms with Gasteiger partial charge in [0.25, 0.3) is 0 Å². The summed E-state index contributed by atoms with van der Waals surface area (Å²) in [5.41, 5.74) is 7.08. The molecule has 56 heavy (non-hydrogen) atoms. The molecule has 1 aliphatic heterocycles. The summed E-state index contributed by atoms with van der Waals surface area (Å²) in [5.74, 6) is -1.84. The molecular weight excluding hydrogens is 732 g/mol. The summed E-state index contributed by atoms with van der Waals surface area (Å²) in [6.45, 7) is 7.37. The summed E-state index contributed by atoms with van der Waals surface area (Å²) in [6.07, 6.45) is -5.98. The Morgan fingerprint density at radius 3 is 2.12 bits per heavy atom. The molecule has 0 saturated carbocycles. The normalized spacial score (nSPS) is 18.9. The highest BCUT2D eigenvalue weighted by atomic mass is 16.7. The van der Waals surface area contributed by atoms with Crippen molar-refractivity contribution in [3.05, 3.63) is 77.4 Å². The number of benzene rings is 3. The monoisotopic (exact) mass is 780 g/mol. The predicted molar refractivity (Wildman–Crippen MR) is 198 cm³/mol. The molecule has 3 aromatic rings. The van der Waals surface area contributed by atoms with E-state index in [1.807, 2.05) is 24.3 Å². The number of ether oxygens (including phenoxy) is 8. The maximum Gasteiger partial charge on any atom is 0.303 e. The highest BCUT2D eigenvalue weighted by Gasteiger charge is 2.53. The quantitative estimate of drug-likeness (QED) is 0.0896. The van der Waals surface area contributed by atoms with Gasteiger partial charge in [-0.1, -0.05) is 24.3 Å². The van der Waals surface area contributed by atoms with Gasteiger partial charge in [0, 0.05) is 64.8 Å². The lowest BCUT2D eigenvalue weighted by atomic mass is 9.97. The van der Waals surface area contributed by atoms with Crippen LogP contribution in [0.5, 0.6) is 28.7 Å². The van der Waals surface area contributed by atoms with Crippen LogP contribution in [0.25, 0.3) is 0 Å². The van der Waals surface area contributed by atoms with Gasteiger partial charge in [-0.2, -0.15) is 0 Å². The predicted octanol–water partition coefficient (Wildman–Crippen LogP) is 3.78. The minimum atomic E-state index is -1.53. The third-order valence-electron chi connectivity index (χ3n) is 8.30. The zero-order valence-electron chi connectivity index (χ0n) is 31.9. The van der Waals surface area contributed by atoms with Crippen LogP contribution in [0.4, 0.5) is 0 Å². The number of hydrogen-bond acceptors (Lipinski definition) is 15. The molecular formula is C40H48N2O14. The van der Waals surface area contributed by atoms with E-state index in [4.69, 9.17) is 43.6 Å². The lowest BCUT2D eigenvalue weighted by Crippen LogP contribution is -2.63. The number of esters is 4. The molecule has 4 rings (SSSR count). The Morgan fingerprint density at radius 2 is 1.46 bits per heavy atom. The van der Waals surface area contributed by atoms with Gasteiger partial charge >= 0.3 is 23.9 Å². The molecule has 0 bridgehead atoms. The molecule has 302 valence electrons. The van der Waals surface area contributed by atoms with E-state index in [2.05, 4.69) is 5.32 Å². The number of carbonyl (C=O) groups is 5. The molecule has 5 atom stereocenters. The van der Waals surface area contributed by atoms with Crippen LogP contribution in [-0.4, -0.2) is 91.9 Å². The lowest BCUT2D eigenvalue weighted by molar-refractivity contribution is -0.288. The summed E-state index contributed by atoms with van der Waals surface area (Å²) in [5, 5.41) is 13.9. The van der Waals surface area contributed by atoms with Crippen LogP contribution in [0.1, 0.15) is 57.2 Å². The van der Waals surface area contributed by atoms with Crippen molar-refractivity contribution < 1.29 is 67.0 Å². The van der Waals surface area contributed by atoms with Gasteiger partial charge in [0.05, 0.1) is 6.61 Å². The van der Waals surface area contributed by atoms with E-state index in [1.165, 1.54) is 13.0 Å². The molecule has 1 saturated heterocycles. The molecule has 16 heteroatoms. The number of primary amides is 1. The van der Waals surface area contributed by atoms with E-state index in [1.54, 1.807) is 37.3 Å². The van der Waals surface area contributed by atoms with E-state index in [-0.39, 0.29) is 30.2 Å². The summed E-state index contributed by atoms with van der Waals surface area (Å²) >= 11 is 0. The van der Waals surface area contributed by atoms with Crippen molar-refractivity contribution in [2.24, 2.45) is 5.73 Å². The largest absolute Gasteiger partial charge is 0.508 e. The van der Waals surface area contributed by atoms with Gasteiger partial charge in [-0.15, -0.1) is 0 Å². The molecule has 0 unspecified atom stereocenters. The molecule has 1 fully saturated rings. The Kier molecular flexibility index (Phi) is 15.9. The second kappa shape index (κ2) is 20.7. The first-order chi connectivity index (χ1) is 26.7. The average Bonchev–Trinajstić information content (AvgIpc) is 3.11. The Labute approximate surface area is 324 Å². The number of phenols is 1. The lowest BCUT2D eigenvalue weighted by Gasteiger charge is -2.44. The van der Waals surface area contributed by atoms with Crippen molar-refractivity contribution in [2.75, 3.05) is 26.3 Å². The van der Waals surface area contributed by atoms with Gasteiger partial charge in [-0.25, -0.2) is 0 Å². The third kappa shape index (κ3) is 13.2. The number of hydrogen-bond donors (Lipinski definition) is 3. The van der Waals surface area contributed by atoms with Crippen molar-refractivity contribution in [1.29, 1.82) is 0 Å². The standard InChI is InChI=1S/C40H48N2O14/c1-23-18-29(47)20-34(55-40-39(53-27(5)46)38(52-26(4)45)37(51-25(3)44)35(56-40)22-50-24(2)43)32(23)19-28-12-13-31(49-17-9-15-42-16-14-36(41)48)21-33(28)54-30-10-7-6-8-11-30/h6-8,10-13,18,20-21,35,37-40,42,47H,9,14-17,19,22H2,1-5H3,(H2,41,48)/t35-,37-,38+,39-,40-/m1/s1. The van der Waals surface area contributed by atoms with E-state index in [9.17, 15) is 29.1 Å².